The highest BCUT2D eigenvalue weighted by Crippen LogP contribution is 2.42. The van der Waals surface area contributed by atoms with E-state index < -0.39 is 0 Å². The lowest BCUT2D eigenvalue weighted by molar-refractivity contribution is 0.0952. The van der Waals surface area contributed by atoms with E-state index in [2.05, 4.69) is 30.4 Å². The molecule has 0 aliphatic carbocycles. The van der Waals surface area contributed by atoms with Gasteiger partial charge in [0.05, 0.1) is 11.4 Å². The van der Waals surface area contributed by atoms with Gasteiger partial charge in [0.2, 0.25) is 0 Å². The van der Waals surface area contributed by atoms with Gasteiger partial charge in [-0.1, -0.05) is 67.0 Å². The number of halogens is 1. The fourth-order valence-electron chi connectivity index (χ4n) is 3.44. The zero-order chi connectivity index (χ0) is 21.1. The Morgan fingerprint density at radius 3 is 2.60 bits per heavy atom. The van der Waals surface area contributed by atoms with Crippen molar-refractivity contribution in [2.24, 2.45) is 4.99 Å². The van der Waals surface area contributed by atoms with Crippen LogP contribution in [0.1, 0.15) is 46.8 Å². The van der Waals surface area contributed by atoms with Crippen molar-refractivity contribution in [2.45, 2.75) is 36.5 Å². The van der Waals surface area contributed by atoms with Gasteiger partial charge in [-0.25, -0.2) is 4.99 Å². The first-order chi connectivity index (χ1) is 14.6. The van der Waals surface area contributed by atoms with Gasteiger partial charge in [-0.2, -0.15) is 0 Å². The smallest absolute Gasteiger partial charge is 0.251 e. The van der Waals surface area contributed by atoms with Crippen molar-refractivity contribution < 1.29 is 4.79 Å². The zero-order valence-electron chi connectivity index (χ0n) is 17.0. The number of hydrogen-bond acceptors (Lipinski definition) is 3. The molecule has 1 aliphatic rings. The Hall–Kier alpha value is -2.56. The second kappa shape index (κ2) is 9.07. The van der Waals surface area contributed by atoms with Gasteiger partial charge in [-0.05, 0) is 49.2 Å². The maximum Gasteiger partial charge on any atom is 0.251 e. The molecule has 0 aromatic heterocycles. The van der Waals surface area contributed by atoms with Crippen LogP contribution in [0, 0.1) is 6.92 Å². The van der Waals surface area contributed by atoms with E-state index in [1.165, 1.54) is 0 Å². The van der Waals surface area contributed by atoms with Crippen LogP contribution in [0.5, 0.6) is 0 Å². The monoisotopic (exact) mass is 434 g/mol. The largest absolute Gasteiger partial charge is 0.352 e. The lowest BCUT2D eigenvalue weighted by Crippen LogP contribution is -2.25. The quantitative estimate of drug-likeness (QED) is 0.350. The molecule has 0 fully saturated rings. The van der Waals surface area contributed by atoms with Crippen LogP contribution in [0.25, 0.3) is 0 Å². The number of aryl methyl sites for hydroxylation is 1. The summed E-state index contributed by atoms with van der Waals surface area (Å²) in [6.45, 7) is 4.78. The third-order valence-corrected chi connectivity index (χ3v) is 6.45. The molecule has 5 heteroatoms. The van der Waals surface area contributed by atoms with E-state index in [0.717, 1.165) is 50.7 Å². The molecule has 0 saturated heterocycles. The number of unbranched alkanes of at least 4 members (excludes halogenated alkanes) is 1. The van der Waals surface area contributed by atoms with Crippen LogP contribution in [0.15, 0.2) is 75.4 Å². The SMILES string of the molecule is CCCCNC(=O)c1cc2c(cc1C)Sc1ccccc1C(c1ccc(Cl)cc1)=N2. The van der Waals surface area contributed by atoms with Gasteiger partial charge < -0.3 is 5.32 Å². The van der Waals surface area contributed by atoms with Gasteiger partial charge in [-0.15, -0.1) is 0 Å². The third kappa shape index (κ3) is 4.30. The number of nitrogens with zero attached hydrogens (tertiary/aromatic N) is 1. The fraction of sp³-hybridized carbons (Fsp3) is 0.200. The molecule has 0 saturated carbocycles. The van der Waals surface area contributed by atoms with Crippen LogP contribution in [0.4, 0.5) is 5.69 Å². The predicted molar refractivity (Wildman–Crippen MR) is 126 cm³/mol. The second-order valence-electron chi connectivity index (χ2n) is 7.31. The molecule has 1 heterocycles. The highest BCUT2D eigenvalue weighted by Gasteiger charge is 2.21. The Kier molecular flexibility index (Phi) is 6.26. The van der Waals surface area contributed by atoms with Crippen LogP contribution < -0.4 is 5.32 Å². The van der Waals surface area contributed by atoms with E-state index in [0.29, 0.717) is 17.1 Å². The Labute approximate surface area is 186 Å². The molecule has 3 nitrogen and oxygen atoms in total. The fourth-order valence-corrected chi connectivity index (χ4v) is 4.66. The maximum absolute atomic E-state index is 12.7. The van der Waals surface area contributed by atoms with E-state index in [9.17, 15) is 4.79 Å². The van der Waals surface area contributed by atoms with Crippen molar-refractivity contribution in [3.05, 3.63) is 87.9 Å². The highest BCUT2D eigenvalue weighted by atomic mass is 35.5. The second-order valence-corrected chi connectivity index (χ2v) is 8.83. The van der Waals surface area contributed by atoms with Gasteiger partial charge in [0.1, 0.15) is 0 Å². The molecule has 1 N–H and O–H groups in total. The topological polar surface area (TPSA) is 41.5 Å². The summed E-state index contributed by atoms with van der Waals surface area (Å²) in [6.07, 6.45) is 2.02. The summed E-state index contributed by atoms with van der Waals surface area (Å²) in [4.78, 5) is 20.0. The molecule has 0 unspecified atom stereocenters. The van der Waals surface area contributed by atoms with Gasteiger partial charge in [-0.3, -0.25) is 4.79 Å². The van der Waals surface area contributed by atoms with Crippen molar-refractivity contribution in [1.82, 2.24) is 5.32 Å². The summed E-state index contributed by atoms with van der Waals surface area (Å²) in [5.41, 5.74) is 5.40. The number of benzene rings is 3. The normalized spacial score (nSPS) is 12.4. The van der Waals surface area contributed by atoms with Crippen molar-refractivity contribution >= 4 is 40.7 Å². The lowest BCUT2D eigenvalue weighted by Gasteiger charge is -2.11. The van der Waals surface area contributed by atoms with E-state index in [4.69, 9.17) is 16.6 Å². The maximum atomic E-state index is 12.7. The number of hydrogen-bond donors (Lipinski definition) is 1. The van der Waals surface area contributed by atoms with Crippen LogP contribution >= 0.6 is 23.4 Å². The summed E-state index contributed by atoms with van der Waals surface area (Å²) in [5.74, 6) is -0.0428. The molecule has 3 aromatic carbocycles. The molecule has 30 heavy (non-hydrogen) atoms. The molecule has 0 bridgehead atoms. The van der Waals surface area contributed by atoms with E-state index in [-0.39, 0.29) is 5.91 Å². The van der Waals surface area contributed by atoms with Crippen molar-refractivity contribution in [3.8, 4) is 0 Å². The number of fused-ring (bicyclic) bond motifs is 2. The zero-order valence-corrected chi connectivity index (χ0v) is 18.6. The number of aliphatic imine (C=N–C) groups is 1. The van der Waals surface area contributed by atoms with Crippen molar-refractivity contribution in [1.29, 1.82) is 0 Å². The summed E-state index contributed by atoms with van der Waals surface area (Å²) in [7, 11) is 0. The lowest BCUT2D eigenvalue weighted by atomic mass is 10.0. The summed E-state index contributed by atoms with van der Waals surface area (Å²) >= 11 is 7.79. The Morgan fingerprint density at radius 1 is 1.07 bits per heavy atom. The van der Waals surface area contributed by atoms with Gasteiger partial charge in [0.25, 0.3) is 5.91 Å². The average molecular weight is 435 g/mol. The number of amides is 1. The molecular weight excluding hydrogens is 412 g/mol. The van der Waals surface area contributed by atoms with Crippen LogP contribution in [0.2, 0.25) is 5.02 Å². The molecule has 1 amide bonds. The first-order valence-electron chi connectivity index (χ1n) is 10.1. The van der Waals surface area contributed by atoms with E-state index in [1.54, 1.807) is 11.8 Å². The first-order valence-corrected chi connectivity index (χ1v) is 11.3. The Morgan fingerprint density at radius 2 is 1.83 bits per heavy atom. The minimum Gasteiger partial charge on any atom is -0.352 e. The minimum atomic E-state index is -0.0428. The molecular formula is C25H23ClN2OS. The molecule has 0 spiro atoms. The molecule has 1 aliphatic heterocycles. The van der Waals surface area contributed by atoms with Crippen molar-refractivity contribution in [2.75, 3.05) is 6.54 Å². The number of nitrogens with one attached hydrogen (secondary N) is 1. The molecule has 4 rings (SSSR count). The van der Waals surface area contributed by atoms with Crippen LogP contribution in [-0.2, 0) is 0 Å². The van der Waals surface area contributed by atoms with Gasteiger partial charge >= 0.3 is 0 Å². The standard InChI is InChI=1S/C25H23ClN2OS/c1-3-4-13-27-25(29)20-15-21-23(14-16(20)2)30-22-8-6-5-7-19(22)24(28-21)17-9-11-18(26)12-10-17/h5-12,14-15H,3-4,13H2,1-2H3,(H,27,29). The number of rotatable bonds is 5. The van der Waals surface area contributed by atoms with Crippen molar-refractivity contribution in [3.63, 3.8) is 0 Å². The summed E-state index contributed by atoms with van der Waals surface area (Å²) in [6, 6.07) is 20.0. The highest BCUT2D eigenvalue weighted by molar-refractivity contribution is 7.99. The molecule has 3 aromatic rings. The first kappa shape index (κ1) is 20.7. The summed E-state index contributed by atoms with van der Waals surface area (Å²) < 4.78 is 0. The molecule has 0 radical (unpaired) electrons. The number of carbonyl (C=O) groups excluding carboxylic acids is 1. The van der Waals surface area contributed by atoms with Gasteiger partial charge in [0, 0.05) is 38.0 Å². The Balaban J connectivity index is 1.82. The van der Waals surface area contributed by atoms with Crippen LogP contribution in [-0.4, -0.2) is 18.2 Å². The van der Waals surface area contributed by atoms with E-state index in [1.807, 2.05) is 49.4 Å². The summed E-state index contributed by atoms with van der Waals surface area (Å²) in [5, 5.41) is 3.71. The predicted octanol–water partition coefficient (Wildman–Crippen LogP) is 6.81. The average Bonchev–Trinajstić information content (AvgIpc) is 2.90. The number of carbonyl (C=O) groups is 1. The molecule has 152 valence electrons. The van der Waals surface area contributed by atoms with Gasteiger partial charge in [0.15, 0.2) is 0 Å². The molecule has 0 atom stereocenters. The Bertz CT molecular complexity index is 1120. The van der Waals surface area contributed by atoms with E-state index >= 15 is 0 Å². The minimum absolute atomic E-state index is 0.0428. The third-order valence-electron chi connectivity index (χ3n) is 5.08. The van der Waals surface area contributed by atoms with Crippen LogP contribution in [0.3, 0.4) is 0 Å².